The fraction of sp³-hybridized carbons (Fsp3) is 0.625. The number of aliphatic hydroxyl groups excluding tert-OH is 1. The smallest absolute Gasteiger partial charge is 0.0687 e. The third kappa shape index (κ3) is 3.50. The van der Waals surface area contributed by atoms with E-state index in [9.17, 15) is 5.11 Å². The van der Waals surface area contributed by atoms with Crippen molar-refractivity contribution in [1.29, 1.82) is 0 Å². The molecule has 1 aromatic carbocycles. The topological polar surface area (TPSA) is 29.5 Å². The zero-order valence-corrected chi connectivity index (χ0v) is 12.9. The van der Waals surface area contributed by atoms with E-state index in [0.717, 1.165) is 12.0 Å². The molecule has 19 heavy (non-hydrogen) atoms. The van der Waals surface area contributed by atoms with Crippen LogP contribution in [0, 0.1) is 5.92 Å². The Hall–Kier alpha value is -0.570. The maximum atomic E-state index is 10.5. The van der Waals surface area contributed by atoms with Gasteiger partial charge in [-0.1, -0.05) is 23.7 Å². The third-order valence-corrected chi connectivity index (χ3v) is 4.18. The zero-order chi connectivity index (χ0) is 14.3. The van der Waals surface area contributed by atoms with Crippen LogP contribution in [0.4, 0.5) is 0 Å². The van der Waals surface area contributed by atoms with E-state index in [4.69, 9.17) is 16.3 Å². The minimum Gasteiger partial charge on any atom is -0.392 e. The molecule has 1 aliphatic rings. The highest BCUT2D eigenvalue weighted by atomic mass is 35.5. The molecule has 0 aromatic heterocycles. The molecule has 0 spiro atoms. The Labute approximate surface area is 120 Å². The van der Waals surface area contributed by atoms with Gasteiger partial charge in [-0.2, -0.15) is 0 Å². The Balaban J connectivity index is 2.10. The lowest BCUT2D eigenvalue weighted by atomic mass is 9.81. The van der Waals surface area contributed by atoms with Crippen LogP contribution in [0.1, 0.15) is 39.7 Å². The van der Waals surface area contributed by atoms with Crippen LogP contribution in [-0.2, 0) is 11.2 Å². The summed E-state index contributed by atoms with van der Waals surface area (Å²) < 4.78 is 6.05. The molecule has 1 N–H and O–H groups in total. The van der Waals surface area contributed by atoms with Gasteiger partial charge in [0.1, 0.15) is 0 Å². The molecule has 2 nitrogen and oxygen atoms in total. The van der Waals surface area contributed by atoms with Crippen molar-refractivity contribution in [2.75, 3.05) is 0 Å². The van der Waals surface area contributed by atoms with Crippen molar-refractivity contribution in [3.8, 4) is 0 Å². The molecular weight excluding hydrogens is 260 g/mol. The van der Waals surface area contributed by atoms with Crippen LogP contribution in [0.25, 0.3) is 0 Å². The van der Waals surface area contributed by atoms with Crippen molar-refractivity contribution in [1.82, 2.24) is 0 Å². The maximum absolute atomic E-state index is 10.5. The first-order chi connectivity index (χ1) is 8.70. The first-order valence-corrected chi connectivity index (χ1v) is 7.20. The van der Waals surface area contributed by atoms with E-state index in [1.165, 1.54) is 0 Å². The van der Waals surface area contributed by atoms with Crippen LogP contribution < -0.4 is 0 Å². The summed E-state index contributed by atoms with van der Waals surface area (Å²) in [7, 11) is 0. The number of aliphatic hydroxyl groups is 1. The van der Waals surface area contributed by atoms with Crippen LogP contribution in [0.5, 0.6) is 0 Å². The Bertz CT molecular complexity index is 454. The SMILES string of the molecule is CC1(C)CC(C(O)Cc2cccc(Cl)c2)C(C)(C)O1. The molecule has 0 saturated carbocycles. The van der Waals surface area contributed by atoms with Gasteiger partial charge in [-0.3, -0.25) is 0 Å². The van der Waals surface area contributed by atoms with Gasteiger partial charge in [0.15, 0.2) is 0 Å². The number of halogens is 1. The van der Waals surface area contributed by atoms with E-state index in [1.807, 2.05) is 24.3 Å². The molecule has 1 saturated heterocycles. The molecule has 1 aliphatic heterocycles. The molecule has 0 aliphatic carbocycles. The summed E-state index contributed by atoms with van der Waals surface area (Å²) in [5, 5.41) is 11.3. The fourth-order valence-corrected chi connectivity index (χ4v) is 3.46. The highest BCUT2D eigenvalue weighted by molar-refractivity contribution is 6.30. The van der Waals surface area contributed by atoms with E-state index in [-0.39, 0.29) is 17.1 Å². The summed E-state index contributed by atoms with van der Waals surface area (Å²) >= 11 is 5.98. The fourth-order valence-electron chi connectivity index (χ4n) is 3.25. The first-order valence-electron chi connectivity index (χ1n) is 6.82. The number of hydrogen-bond acceptors (Lipinski definition) is 2. The van der Waals surface area contributed by atoms with Crippen molar-refractivity contribution in [2.24, 2.45) is 5.92 Å². The Morgan fingerprint density at radius 2 is 2.05 bits per heavy atom. The third-order valence-electron chi connectivity index (χ3n) is 3.94. The second kappa shape index (κ2) is 5.08. The summed E-state index contributed by atoms with van der Waals surface area (Å²) in [5.41, 5.74) is 0.617. The van der Waals surface area contributed by atoms with Gasteiger partial charge < -0.3 is 9.84 Å². The summed E-state index contributed by atoms with van der Waals surface area (Å²) in [6, 6.07) is 7.69. The number of hydrogen-bond donors (Lipinski definition) is 1. The molecule has 1 heterocycles. The minimum atomic E-state index is -0.407. The monoisotopic (exact) mass is 282 g/mol. The average molecular weight is 283 g/mol. The summed E-state index contributed by atoms with van der Waals surface area (Å²) in [4.78, 5) is 0. The summed E-state index contributed by atoms with van der Waals surface area (Å²) in [6.07, 6.45) is 1.09. The highest BCUT2D eigenvalue weighted by Gasteiger charge is 2.48. The molecule has 2 unspecified atom stereocenters. The largest absolute Gasteiger partial charge is 0.392 e. The van der Waals surface area contributed by atoms with Gasteiger partial charge in [0, 0.05) is 10.9 Å². The molecule has 2 rings (SSSR count). The molecule has 1 fully saturated rings. The Morgan fingerprint density at radius 1 is 1.37 bits per heavy atom. The zero-order valence-electron chi connectivity index (χ0n) is 12.1. The number of benzene rings is 1. The lowest BCUT2D eigenvalue weighted by Gasteiger charge is -2.30. The van der Waals surface area contributed by atoms with Gasteiger partial charge in [0.25, 0.3) is 0 Å². The van der Waals surface area contributed by atoms with Gasteiger partial charge in [0.2, 0.25) is 0 Å². The van der Waals surface area contributed by atoms with E-state index in [2.05, 4.69) is 27.7 Å². The van der Waals surface area contributed by atoms with E-state index in [1.54, 1.807) is 0 Å². The normalized spacial score (nSPS) is 26.3. The van der Waals surface area contributed by atoms with E-state index in [0.29, 0.717) is 11.4 Å². The van der Waals surface area contributed by atoms with E-state index >= 15 is 0 Å². The summed E-state index contributed by atoms with van der Waals surface area (Å²) in [5.74, 6) is 0.140. The maximum Gasteiger partial charge on any atom is 0.0687 e. The van der Waals surface area contributed by atoms with Gasteiger partial charge >= 0.3 is 0 Å². The van der Waals surface area contributed by atoms with Crippen LogP contribution in [-0.4, -0.2) is 22.4 Å². The molecule has 2 atom stereocenters. The van der Waals surface area contributed by atoms with Crippen LogP contribution in [0.3, 0.4) is 0 Å². The van der Waals surface area contributed by atoms with Gasteiger partial charge in [0.05, 0.1) is 17.3 Å². The van der Waals surface area contributed by atoms with Crippen molar-refractivity contribution >= 4 is 11.6 Å². The Kier molecular flexibility index (Phi) is 3.97. The average Bonchev–Trinajstić information content (AvgIpc) is 2.46. The molecule has 0 bridgehead atoms. The second-order valence-corrected chi connectivity index (χ2v) is 7.11. The van der Waals surface area contributed by atoms with Gasteiger partial charge in [-0.25, -0.2) is 0 Å². The van der Waals surface area contributed by atoms with Gasteiger partial charge in [-0.05, 0) is 58.2 Å². The van der Waals surface area contributed by atoms with Crippen LogP contribution >= 0.6 is 11.6 Å². The number of ether oxygens (including phenoxy) is 1. The van der Waals surface area contributed by atoms with Crippen LogP contribution in [0.15, 0.2) is 24.3 Å². The molecule has 1 aromatic rings. The molecule has 0 radical (unpaired) electrons. The predicted molar refractivity (Wildman–Crippen MR) is 78.5 cm³/mol. The first kappa shape index (κ1) is 14.8. The Morgan fingerprint density at radius 3 is 2.58 bits per heavy atom. The quantitative estimate of drug-likeness (QED) is 0.913. The van der Waals surface area contributed by atoms with Crippen molar-refractivity contribution in [2.45, 2.75) is 57.8 Å². The summed E-state index contributed by atoms with van der Waals surface area (Å²) in [6.45, 7) is 8.29. The lowest BCUT2D eigenvalue weighted by Crippen LogP contribution is -2.37. The van der Waals surface area contributed by atoms with E-state index < -0.39 is 6.10 Å². The number of rotatable bonds is 3. The molecule has 106 valence electrons. The van der Waals surface area contributed by atoms with Crippen LogP contribution in [0.2, 0.25) is 5.02 Å². The van der Waals surface area contributed by atoms with Crippen molar-refractivity contribution in [3.63, 3.8) is 0 Å². The van der Waals surface area contributed by atoms with Gasteiger partial charge in [-0.15, -0.1) is 0 Å². The highest BCUT2D eigenvalue weighted by Crippen LogP contribution is 2.44. The molecular formula is C16H23ClO2. The predicted octanol–water partition coefficient (Wildman–Crippen LogP) is 3.84. The standard InChI is InChI=1S/C16H23ClO2/c1-15(2)10-13(16(3,4)19-15)14(18)9-11-6-5-7-12(17)8-11/h5-8,13-14,18H,9-10H2,1-4H3. The van der Waals surface area contributed by atoms with Crippen molar-refractivity contribution < 1.29 is 9.84 Å². The lowest BCUT2D eigenvalue weighted by molar-refractivity contribution is -0.0873. The van der Waals surface area contributed by atoms with Crippen molar-refractivity contribution in [3.05, 3.63) is 34.9 Å². The second-order valence-electron chi connectivity index (χ2n) is 6.68. The minimum absolute atomic E-state index is 0.140. The molecule has 0 amide bonds. The molecule has 3 heteroatoms.